The second kappa shape index (κ2) is 6.66. The quantitative estimate of drug-likeness (QED) is 0.870. The first-order valence-corrected chi connectivity index (χ1v) is 7.84. The molecule has 5 heteroatoms. The third kappa shape index (κ3) is 3.37. The van der Waals surface area contributed by atoms with Gasteiger partial charge in [-0.3, -0.25) is 0 Å². The van der Waals surface area contributed by atoms with Gasteiger partial charge in [-0.1, -0.05) is 24.6 Å². The second-order valence-corrected chi connectivity index (χ2v) is 6.40. The molecule has 0 radical (unpaired) electrons. The number of nitrogens with zero attached hydrogens (tertiary/aromatic N) is 1. The number of hydrogen-bond donors (Lipinski definition) is 1. The second-order valence-electron chi connectivity index (χ2n) is 4.75. The van der Waals surface area contributed by atoms with E-state index >= 15 is 0 Å². The van der Waals surface area contributed by atoms with Crippen LogP contribution in [0.4, 0.5) is 4.39 Å². The van der Waals surface area contributed by atoms with Crippen molar-refractivity contribution in [3.63, 3.8) is 0 Å². The summed E-state index contributed by atoms with van der Waals surface area (Å²) in [7, 11) is 0. The summed E-state index contributed by atoms with van der Waals surface area (Å²) in [6, 6.07) is 4.81. The summed E-state index contributed by atoms with van der Waals surface area (Å²) >= 11 is 7.56. The molecule has 0 saturated heterocycles. The average molecular weight is 313 g/mol. The van der Waals surface area contributed by atoms with Crippen molar-refractivity contribution in [2.45, 2.75) is 33.2 Å². The summed E-state index contributed by atoms with van der Waals surface area (Å²) < 4.78 is 13.3. The summed E-state index contributed by atoms with van der Waals surface area (Å²) in [5.74, 6) is -0.392. The molecule has 0 fully saturated rings. The van der Waals surface area contributed by atoms with E-state index in [0.29, 0.717) is 0 Å². The Bertz CT molecular complexity index is 578. The van der Waals surface area contributed by atoms with Crippen LogP contribution in [0.5, 0.6) is 0 Å². The van der Waals surface area contributed by atoms with Gasteiger partial charge in [0, 0.05) is 4.88 Å². The van der Waals surface area contributed by atoms with Crippen LogP contribution in [0.2, 0.25) is 5.02 Å². The lowest BCUT2D eigenvalue weighted by Gasteiger charge is -2.17. The number of benzene rings is 1. The van der Waals surface area contributed by atoms with Gasteiger partial charge < -0.3 is 5.32 Å². The fourth-order valence-electron chi connectivity index (χ4n) is 1.95. The monoisotopic (exact) mass is 312 g/mol. The molecule has 0 bridgehead atoms. The van der Waals surface area contributed by atoms with Crippen LogP contribution in [0.25, 0.3) is 0 Å². The lowest BCUT2D eigenvalue weighted by atomic mass is 10.1. The van der Waals surface area contributed by atoms with Crippen molar-refractivity contribution < 1.29 is 4.39 Å². The van der Waals surface area contributed by atoms with E-state index in [2.05, 4.69) is 24.1 Å². The molecule has 2 rings (SSSR count). The first-order chi connectivity index (χ1) is 9.52. The number of halogens is 2. The van der Waals surface area contributed by atoms with Crippen LogP contribution < -0.4 is 5.32 Å². The van der Waals surface area contributed by atoms with Crippen molar-refractivity contribution in [2.24, 2.45) is 0 Å². The summed E-state index contributed by atoms with van der Waals surface area (Å²) in [6.45, 7) is 7.05. The molecule has 1 atom stereocenters. The largest absolute Gasteiger partial charge is 0.304 e. The minimum absolute atomic E-state index is 0.0366. The molecule has 0 amide bonds. The highest BCUT2D eigenvalue weighted by Crippen LogP contribution is 2.30. The van der Waals surface area contributed by atoms with E-state index in [0.717, 1.165) is 29.2 Å². The third-order valence-corrected chi connectivity index (χ3v) is 4.59. The predicted octanol–water partition coefficient (Wildman–Crippen LogP) is 4.64. The maximum atomic E-state index is 13.3. The van der Waals surface area contributed by atoms with Gasteiger partial charge in [0.25, 0.3) is 0 Å². The number of rotatable bonds is 5. The molecule has 0 aliphatic rings. The molecule has 0 aliphatic carbocycles. The van der Waals surface area contributed by atoms with Crippen molar-refractivity contribution in [3.05, 3.63) is 50.2 Å². The Hall–Kier alpha value is -0.970. The molecule has 108 valence electrons. The Labute approximate surface area is 128 Å². The van der Waals surface area contributed by atoms with E-state index in [1.807, 2.05) is 6.92 Å². The van der Waals surface area contributed by atoms with Crippen LogP contribution in [-0.2, 0) is 0 Å². The standard InChI is InChI=1S/C15H18ClFN2S/c1-4-7-18-14(15-19-9(2)10(3)20-15)11-5-6-13(17)12(16)8-11/h5-6,8,14,18H,4,7H2,1-3H3. The maximum absolute atomic E-state index is 13.3. The third-order valence-electron chi connectivity index (χ3n) is 3.17. The lowest BCUT2D eigenvalue weighted by molar-refractivity contribution is 0.590. The van der Waals surface area contributed by atoms with Gasteiger partial charge in [0.15, 0.2) is 0 Å². The molecule has 2 nitrogen and oxygen atoms in total. The van der Waals surface area contributed by atoms with Crippen LogP contribution >= 0.6 is 22.9 Å². The number of thiazole rings is 1. The van der Waals surface area contributed by atoms with Crippen molar-refractivity contribution in [1.82, 2.24) is 10.3 Å². The SMILES string of the molecule is CCCNC(c1ccc(F)c(Cl)c1)c1nc(C)c(C)s1. The van der Waals surface area contributed by atoms with E-state index in [4.69, 9.17) is 11.6 Å². The van der Waals surface area contributed by atoms with Crippen LogP contribution in [0.3, 0.4) is 0 Å². The smallest absolute Gasteiger partial charge is 0.141 e. The summed E-state index contributed by atoms with van der Waals surface area (Å²) in [5, 5.41) is 4.60. The zero-order valence-corrected chi connectivity index (χ0v) is 13.4. The Morgan fingerprint density at radius 2 is 2.15 bits per heavy atom. The molecular weight excluding hydrogens is 295 g/mol. The molecule has 0 saturated carbocycles. The van der Waals surface area contributed by atoms with Gasteiger partial charge in [-0.2, -0.15) is 0 Å². The fraction of sp³-hybridized carbons (Fsp3) is 0.400. The number of hydrogen-bond acceptors (Lipinski definition) is 3. The lowest BCUT2D eigenvalue weighted by Crippen LogP contribution is -2.23. The normalized spacial score (nSPS) is 12.7. The van der Waals surface area contributed by atoms with Gasteiger partial charge in [-0.15, -0.1) is 11.3 Å². The van der Waals surface area contributed by atoms with Gasteiger partial charge >= 0.3 is 0 Å². The first kappa shape index (κ1) is 15.4. The van der Waals surface area contributed by atoms with E-state index in [9.17, 15) is 4.39 Å². The fourth-order valence-corrected chi connectivity index (χ4v) is 3.17. The van der Waals surface area contributed by atoms with Crippen molar-refractivity contribution >= 4 is 22.9 Å². The van der Waals surface area contributed by atoms with Gasteiger partial charge in [0.05, 0.1) is 16.8 Å². The molecule has 1 aromatic heterocycles. The highest BCUT2D eigenvalue weighted by atomic mass is 35.5. The molecule has 1 aromatic carbocycles. The van der Waals surface area contributed by atoms with E-state index in [1.165, 1.54) is 10.9 Å². The number of nitrogens with one attached hydrogen (secondary N) is 1. The van der Waals surface area contributed by atoms with Crippen LogP contribution in [0, 0.1) is 19.7 Å². The molecule has 2 aromatic rings. The van der Waals surface area contributed by atoms with Crippen LogP contribution in [0.15, 0.2) is 18.2 Å². The molecule has 0 spiro atoms. The molecule has 20 heavy (non-hydrogen) atoms. The molecular formula is C15H18ClFN2S. The van der Waals surface area contributed by atoms with Gasteiger partial charge in [-0.05, 0) is 44.5 Å². The van der Waals surface area contributed by atoms with Crippen LogP contribution in [-0.4, -0.2) is 11.5 Å². The predicted molar refractivity (Wildman–Crippen MR) is 83.1 cm³/mol. The highest BCUT2D eigenvalue weighted by Gasteiger charge is 2.19. The minimum atomic E-state index is -0.392. The van der Waals surface area contributed by atoms with Crippen molar-refractivity contribution in [3.8, 4) is 0 Å². The van der Waals surface area contributed by atoms with Crippen molar-refractivity contribution in [1.29, 1.82) is 0 Å². The Morgan fingerprint density at radius 1 is 1.40 bits per heavy atom. The molecule has 0 aliphatic heterocycles. The van der Waals surface area contributed by atoms with Crippen LogP contribution in [0.1, 0.15) is 40.5 Å². The van der Waals surface area contributed by atoms with E-state index < -0.39 is 5.82 Å². The van der Waals surface area contributed by atoms with E-state index in [-0.39, 0.29) is 11.1 Å². The zero-order valence-electron chi connectivity index (χ0n) is 11.8. The Kier molecular flexibility index (Phi) is 5.13. The summed E-state index contributed by atoms with van der Waals surface area (Å²) in [4.78, 5) is 5.82. The molecule has 1 heterocycles. The summed E-state index contributed by atoms with van der Waals surface area (Å²) in [6.07, 6.45) is 1.02. The summed E-state index contributed by atoms with van der Waals surface area (Å²) in [5.41, 5.74) is 1.99. The molecule has 1 N–H and O–H groups in total. The zero-order chi connectivity index (χ0) is 14.7. The van der Waals surface area contributed by atoms with Gasteiger partial charge in [-0.25, -0.2) is 9.37 Å². The maximum Gasteiger partial charge on any atom is 0.141 e. The minimum Gasteiger partial charge on any atom is -0.304 e. The van der Waals surface area contributed by atoms with Gasteiger partial charge in [0.2, 0.25) is 0 Å². The Balaban J connectivity index is 2.38. The number of aromatic nitrogens is 1. The van der Waals surface area contributed by atoms with Gasteiger partial charge in [0.1, 0.15) is 10.8 Å². The van der Waals surface area contributed by atoms with E-state index in [1.54, 1.807) is 23.5 Å². The van der Waals surface area contributed by atoms with Crippen molar-refractivity contribution in [2.75, 3.05) is 6.54 Å². The Morgan fingerprint density at radius 3 is 2.70 bits per heavy atom. The highest BCUT2D eigenvalue weighted by molar-refractivity contribution is 7.11. The number of aryl methyl sites for hydroxylation is 2. The molecule has 1 unspecified atom stereocenters. The first-order valence-electron chi connectivity index (χ1n) is 6.65. The average Bonchev–Trinajstić information content (AvgIpc) is 2.74. The topological polar surface area (TPSA) is 24.9 Å².